The number of unbranched alkanes of at least 4 members (excludes halogenated alkanes) is 18. The lowest BCUT2D eigenvalue weighted by molar-refractivity contribution is -0.312. The van der Waals surface area contributed by atoms with Gasteiger partial charge in [-0.25, -0.2) is 0 Å². The number of hydrogen-bond donors (Lipinski definition) is 4. The molecule has 6 nitrogen and oxygen atoms in total. The highest BCUT2D eigenvalue weighted by Gasteiger charge is 2.44. The van der Waals surface area contributed by atoms with Crippen LogP contribution in [0.25, 0.3) is 0 Å². The van der Waals surface area contributed by atoms with Gasteiger partial charge < -0.3 is 29.9 Å². The molecule has 4 N–H and O–H groups in total. The van der Waals surface area contributed by atoms with E-state index in [1.54, 1.807) is 0 Å². The molecule has 1 aliphatic rings. The van der Waals surface area contributed by atoms with E-state index in [4.69, 9.17) is 9.47 Å². The average Bonchev–Trinajstić information content (AvgIpc) is 2.90. The first-order valence-electron chi connectivity index (χ1n) is 16.0. The molecule has 0 saturated carbocycles. The summed E-state index contributed by atoms with van der Waals surface area (Å²) in [4.78, 5) is 0. The lowest BCUT2D eigenvalue weighted by atomic mass is 9.98. The first-order valence-corrected chi connectivity index (χ1v) is 16.0. The fourth-order valence-corrected chi connectivity index (χ4v) is 5.37. The Morgan fingerprint density at radius 2 is 0.919 bits per heavy atom. The van der Waals surface area contributed by atoms with Crippen LogP contribution in [0, 0.1) is 0 Å². The highest BCUT2D eigenvalue weighted by Crippen LogP contribution is 2.26. The lowest BCUT2D eigenvalue weighted by Crippen LogP contribution is -2.59. The van der Waals surface area contributed by atoms with E-state index in [1.807, 2.05) is 0 Å². The van der Waals surface area contributed by atoms with Crippen molar-refractivity contribution in [1.82, 2.24) is 0 Å². The normalized spacial score (nSPS) is 24.2. The molecule has 6 heteroatoms. The largest absolute Gasteiger partial charge is 0.394 e. The Labute approximate surface area is 228 Å². The first-order chi connectivity index (χ1) is 18.0. The van der Waals surface area contributed by atoms with Crippen molar-refractivity contribution in [1.29, 1.82) is 0 Å². The van der Waals surface area contributed by atoms with Gasteiger partial charge >= 0.3 is 0 Å². The average molecular weight is 531 g/mol. The van der Waals surface area contributed by atoms with Crippen LogP contribution in [-0.4, -0.2) is 63.8 Å². The molecule has 5 atom stereocenters. The minimum Gasteiger partial charge on any atom is -0.394 e. The topological polar surface area (TPSA) is 99.4 Å². The van der Waals surface area contributed by atoms with Gasteiger partial charge in [0.2, 0.25) is 0 Å². The van der Waals surface area contributed by atoms with Gasteiger partial charge in [-0.15, -0.1) is 0 Å². The van der Waals surface area contributed by atoms with E-state index < -0.39 is 37.3 Å². The second-order valence-electron chi connectivity index (χ2n) is 11.4. The van der Waals surface area contributed by atoms with E-state index in [-0.39, 0.29) is 6.10 Å². The van der Waals surface area contributed by atoms with Crippen molar-refractivity contribution in [2.75, 3.05) is 6.61 Å². The second-order valence-corrected chi connectivity index (χ2v) is 11.4. The van der Waals surface area contributed by atoms with Gasteiger partial charge in [0.25, 0.3) is 0 Å². The third-order valence-electron chi connectivity index (χ3n) is 7.93. The van der Waals surface area contributed by atoms with Crippen molar-refractivity contribution >= 4 is 0 Å². The summed E-state index contributed by atoms with van der Waals surface area (Å²) in [5, 5.41) is 40.1. The zero-order valence-corrected chi connectivity index (χ0v) is 24.3. The SMILES string of the molecule is CCCCCCCCCCCCC(CCCCCCCCCCCC)OC1O[C@H](CO)[C@@H](O)[C@H](O)[C@H]1O. The molecule has 1 unspecified atom stereocenters. The Morgan fingerprint density at radius 3 is 1.30 bits per heavy atom. The molecule has 222 valence electrons. The van der Waals surface area contributed by atoms with Crippen molar-refractivity contribution in [2.24, 2.45) is 0 Å². The van der Waals surface area contributed by atoms with Crippen molar-refractivity contribution in [3.8, 4) is 0 Å². The number of ether oxygens (including phenoxy) is 2. The van der Waals surface area contributed by atoms with E-state index in [0.29, 0.717) is 0 Å². The molecule has 0 amide bonds. The van der Waals surface area contributed by atoms with Crippen LogP contribution in [0.15, 0.2) is 0 Å². The monoisotopic (exact) mass is 530 g/mol. The standard InChI is InChI=1S/C31H62O6/c1-3-5-7-9-11-13-15-17-19-21-23-26(24-22-20-18-16-14-12-10-8-6-4-2)36-31-30(35)29(34)28(33)27(25-32)37-31/h26-35H,3-25H2,1-2H3/t27-,28-,29+,30-,31?/m1/s1. The Bertz CT molecular complexity index is 464. The highest BCUT2D eigenvalue weighted by atomic mass is 16.7. The molecule has 0 aromatic heterocycles. The fourth-order valence-electron chi connectivity index (χ4n) is 5.37. The van der Waals surface area contributed by atoms with Crippen molar-refractivity contribution in [3.63, 3.8) is 0 Å². The maximum Gasteiger partial charge on any atom is 0.186 e. The smallest absolute Gasteiger partial charge is 0.186 e. The molecule has 0 aromatic carbocycles. The van der Waals surface area contributed by atoms with E-state index in [9.17, 15) is 20.4 Å². The molecule has 1 saturated heterocycles. The van der Waals surface area contributed by atoms with Crippen LogP contribution < -0.4 is 0 Å². The van der Waals surface area contributed by atoms with E-state index in [1.165, 1.54) is 116 Å². The molecule has 1 rings (SSSR count). The van der Waals surface area contributed by atoms with Crippen LogP contribution in [0.3, 0.4) is 0 Å². The Hall–Kier alpha value is -0.240. The van der Waals surface area contributed by atoms with Gasteiger partial charge in [0.05, 0.1) is 12.7 Å². The summed E-state index contributed by atoms with van der Waals surface area (Å²) >= 11 is 0. The summed E-state index contributed by atoms with van der Waals surface area (Å²) in [5.41, 5.74) is 0. The second kappa shape index (κ2) is 23.6. The molecular formula is C31H62O6. The predicted octanol–water partition coefficient (Wildman–Crippen LogP) is 6.79. The van der Waals surface area contributed by atoms with Crippen LogP contribution in [0.2, 0.25) is 0 Å². The van der Waals surface area contributed by atoms with Gasteiger partial charge in [-0.05, 0) is 12.8 Å². The summed E-state index contributed by atoms with van der Waals surface area (Å²) in [5.74, 6) is 0. The molecule has 0 aromatic rings. The summed E-state index contributed by atoms with van der Waals surface area (Å²) in [6.45, 7) is 4.09. The third-order valence-corrected chi connectivity index (χ3v) is 7.93. The Balaban J connectivity index is 2.36. The van der Waals surface area contributed by atoms with Crippen LogP contribution in [-0.2, 0) is 9.47 Å². The maximum absolute atomic E-state index is 10.4. The molecule has 0 aliphatic carbocycles. The molecule has 37 heavy (non-hydrogen) atoms. The first kappa shape index (κ1) is 34.8. The number of hydrogen-bond acceptors (Lipinski definition) is 6. The zero-order valence-electron chi connectivity index (χ0n) is 24.3. The molecule has 0 spiro atoms. The maximum atomic E-state index is 10.4. The minimum absolute atomic E-state index is 0.0514. The molecular weight excluding hydrogens is 468 g/mol. The van der Waals surface area contributed by atoms with E-state index in [0.717, 1.165) is 25.7 Å². The molecule has 1 fully saturated rings. The van der Waals surface area contributed by atoms with Crippen molar-refractivity contribution in [2.45, 2.75) is 192 Å². The van der Waals surface area contributed by atoms with Gasteiger partial charge in [0.15, 0.2) is 6.29 Å². The Kier molecular flexibility index (Phi) is 22.2. The van der Waals surface area contributed by atoms with Gasteiger partial charge in [0.1, 0.15) is 24.4 Å². The summed E-state index contributed by atoms with van der Waals surface area (Å²) in [6.07, 6.45) is 21.5. The number of aliphatic hydroxyl groups is 4. The van der Waals surface area contributed by atoms with Gasteiger partial charge in [0, 0.05) is 0 Å². The summed E-state index contributed by atoms with van der Waals surface area (Å²) in [6, 6.07) is 0. The van der Waals surface area contributed by atoms with E-state index >= 15 is 0 Å². The number of rotatable bonds is 25. The molecule has 0 bridgehead atoms. The van der Waals surface area contributed by atoms with Gasteiger partial charge in [-0.2, -0.15) is 0 Å². The lowest BCUT2D eigenvalue weighted by Gasteiger charge is -2.41. The van der Waals surface area contributed by atoms with Crippen LogP contribution in [0.4, 0.5) is 0 Å². The third kappa shape index (κ3) is 16.5. The fraction of sp³-hybridized carbons (Fsp3) is 1.00. The summed E-state index contributed by atoms with van der Waals surface area (Å²) < 4.78 is 11.8. The molecule has 1 aliphatic heterocycles. The number of aliphatic hydroxyl groups excluding tert-OH is 4. The van der Waals surface area contributed by atoms with Crippen LogP contribution >= 0.6 is 0 Å². The highest BCUT2D eigenvalue weighted by molar-refractivity contribution is 4.89. The van der Waals surface area contributed by atoms with Crippen molar-refractivity contribution in [3.05, 3.63) is 0 Å². The van der Waals surface area contributed by atoms with Crippen LogP contribution in [0.5, 0.6) is 0 Å². The minimum atomic E-state index is -1.38. The Morgan fingerprint density at radius 1 is 0.541 bits per heavy atom. The van der Waals surface area contributed by atoms with Gasteiger partial charge in [-0.1, -0.05) is 142 Å². The van der Waals surface area contributed by atoms with Crippen molar-refractivity contribution < 1.29 is 29.9 Å². The molecule has 0 radical (unpaired) electrons. The quantitative estimate of drug-likeness (QED) is 0.0970. The van der Waals surface area contributed by atoms with E-state index in [2.05, 4.69) is 13.8 Å². The summed E-state index contributed by atoms with van der Waals surface area (Å²) in [7, 11) is 0. The van der Waals surface area contributed by atoms with Crippen LogP contribution in [0.1, 0.15) is 155 Å². The van der Waals surface area contributed by atoms with Gasteiger partial charge in [-0.3, -0.25) is 0 Å². The zero-order chi connectivity index (χ0) is 27.1. The predicted molar refractivity (Wildman–Crippen MR) is 152 cm³/mol. The molecule has 1 heterocycles.